The number of benzene rings is 2. The van der Waals surface area contributed by atoms with Gasteiger partial charge in [-0.05, 0) is 56.5 Å². The van der Waals surface area contributed by atoms with Crippen LogP contribution in [0.15, 0.2) is 71.7 Å². The maximum Gasteiger partial charge on any atom is 0.135 e. The normalized spacial score (nSPS) is 19.2. The second-order valence-corrected chi connectivity index (χ2v) is 8.03. The Morgan fingerprint density at radius 3 is 2.54 bits per heavy atom. The Labute approximate surface area is 171 Å². The summed E-state index contributed by atoms with van der Waals surface area (Å²) < 4.78 is 0. The molecule has 0 aliphatic carbocycles. The third kappa shape index (κ3) is 3.17. The number of halogens is 1. The number of piperidine rings is 1. The fourth-order valence-corrected chi connectivity index (χ4v) is 4.69. The maximum atomic E-state index is 6.95. The minimum atomic E-state index is 0.775. The third-order valence-corrected chi connectivity index (χ3v) is 6.34. The van der Waals surface area contributed by atoms with Crippen LogP contribution in [0.1, 0.15) is 24.8 Å². The molecule has 0 atom stereocenters. The maximum absolute atomic E-state index is 6.95. The first-order valence-electron chi connectivity index (χ1n) is 10.1. The topological polar surface area (TPSA) is 30.5 Å². The van der Waals surface area contributed by atoms with Gasteiger partial charge in [0.1, 0.15) is 5.16 Å². The Kier molecular flexibility index (Phi) is 4.75. The van der Waals surface area contributed by atoms with Crippen molar-refractivity contribution in [2.75, 3.05) is 29.5 Å². The number of nitrogens with one attached hydrogen (secondary N) is 2. The molecule has 2 aromatic rings. The van der Waals surface area contributed by atoms with Crippen molar-refractivity contribution in [2.24, 2.45) is 5.92 Å². The molecule has 0 amide bonds. The molecule has 2 aromatic carbocycles. The molecule has 1 saturated heterocycles. The number of fused-ring (bicyclic) bond motifs is 3. The largest absolute Gasteiger partial charge is 0.330 e. The summed E-state index contributed by atoms with van der Waals surface area (Å²) in [6, 6.07) is 18.9. The zero-order chi connectivity index (χ0) is 18.9. The molecule has 3 heterocycles. The molecule has 0 aromatic heterocycles. The highest BCUT2D eigenvalue weighted by atomic mass is 35.5. The van der Waals surface area contributed by atoms with Crippen LogP contribution in [0.5, 0.6) is 0 Å². The van der Waals surface area contributed by atoms with Gasteiger partial charge in [0.25, 0.3) is 0 Å². The van der Waals surface area contributed by atoms with Gasteiger partial charge in [-0.15, -0.1) is 0 Å². The third-order valence-electron chi connectivity index (χ3n) is 5.94. The summed E-state index contributed by atoms with van der Waals surface area (Å²) in [4.78, 5) is 2.28. The molecule has 5 rings (SSSR count). The Morgan fingerprint density at radius 1 is 0.964 bits per heavy atom. The molecule has 4 nitrogen and oxygen atoms in total. The Hall–Kier alpha value is -2.43. The highest BCUT2D eigenvalue weighted by Crippen LogP contribution is 2.44. The number of hydrogen-bond acceptors (Lipinski definition) is 4. The number of hydrogen-bond donors (Lipinski definition) is 2. The van der Waals surface area contributed by atoms with Crippen LogP contribution in [0.3, 0.4) is 0 Å². The van der Waals surface area contributed by atoms with Gasteiger partial charge in [0.2, 0.25) is 0 Å². The molecule has 0 bridgehead atoms. The molecule has 0 saturated carbocycles. The highest BCUT2D eigenvalue weighted by molar-refractivity contribution is 6.33. The Bertz CT molecular complexity index is 915. The Balaban J connectivity index is 1.46. The van der Waals surface area contributed by atoms with E-state index >= 15 is 0 Å². The van der Waals surface area contributed by atoms with Crippen LogP contribution in [-0.2, 0) is 0 Å². The smallest absolute Gasteiger partial charge is 0.135 e. The molecule has 3 aliphatic heterocycles. The molecule has 0 spiro atoms. The number of para-hydroxylation sites is 2. The van der Waals surface area contributed by atoms with Crippen molar-refractivity contribution in [3.63, 3.8) is 0 Å². The van der Waals surface area contributed by atoms with Gasteiger partial charge in [0, 0.05) is 29.6 Å². The lowest BCUT2D eigenvalue weighted by Gasteiger charge is -2.34. The minimum absolute atomic E-state index is 0.775. The van der Waals surface area contributed by atoms with Gasteiger partial charge in [0.05, 0.1) is 11.4 Å². The van der Waals surface area contributed by atoms with Gasteiger partial charge in [-0.2, -0.15) is 0 Å². The van der Waals surface area contributed by atoms with E-state index in [0.29, 0.717) is 0 Å². The van der Waals surface area contributed by atoms with E-state index in [0.717, 1.165) is 47.7 Å². The van der Waals surface area contributed by atoms with Crippen molar-refractivity contribution >= 4 is 28.5 Å². The van der Waals surface area contributed by atoms with Crippen molar-refractivity contribution in [1.29, 1.82) is 0 Å². The molecule has 3 aliphatic rings. The van der Waals surface area contributed by atoms with Crippen LogP contribution < -0.4 is 20.7 Å². The predicted octanol–water partition coefficient (Wildman–Crippen LogP) is 4.67. The minimum Gasteiger partial charge on any atom is -0.330 e. The molecule has 5 heteroatoms. The molecule has 0 unspecified atom stereocenters. The van der Waals surface area contributed by atoms with E-state index < -0.39 is 0 Å². The first-order chi connectivity index (χ1) is 13.8. The lowest BCUT2D eigenvalue weighted by Crippen LogP contribution is -2.34. The average molecular weight is 393 g/mol. The summed E-state index contributed by atoms with van der Waals surface area (Å²) in [5.41, 5.74) is 9.19. The van der Waals surface area contributed by atoms with E-state index in [9.17, 15) is 0 Å². The van der Waals surface area contributed by atoms with E-state index in [4.69, 9.17) is 11.6 Å². The number of allylic oxidation sites excluding steroid dienone is 1. The van der Waals surface area contributed by atoms with Crippen molar-refractivity contribution in [1.82, 2.24) is 10.7 Å². The molecule has 2 N–H and O–H groups in total. The Morgan fingerprint density at radius 2 is 1.71 bits per heavy atom. The number of nitrogens with zero attached hydrogens (tertiary/aromatic N) is 2. The van der Waals surface area contributed by atoms with Crippen LogP contribution in [0.25, 0.3) is 5.57 Å². The van der Waals surface area contributed by atoms with Crippen molar-refractivity contribution in [3.05, 3.63) is 77.2 Å². The summed E-state index contributed by atoms with van der Waals surface area (Å²) in [6.45, 7) is 3.22. The lowest BCUT2D eigenvalue weighted by molar-refractivity contribution is 0.357. The molecular formula is C23H25ClN4. The summed E-state index contributed by atoms with van der Waals surface area (Å²) in [7, 11) is 0. The van der Waals surface area contributed by atoms with Crippen molar-refractivity contribution in [3.8, 4) is 0 Å². The molecule has 0 radical (unpaired) electrons. The van der Waals surface area contributed by atoms with E-state index in [1.165, 1.54) is 30.5 Å². The highest BCUT2D eigenvalue weighted by Gasteiger charge is 2.33. The van der Waals surface area contributed by atoms with Crippen LogP contribution in [-0.4, -0.2) is 19.6 Å². The number of anilines is 2. The first-order valence-corrected chi connectivity index (χ1v) is 10.5. The lowest BCUT2D eigenvalue weighted by atomic mass is 9.93. The SMILES string of the molecule is ClC1=C2NN(c3ccccc3)C=C2c2ccccc2N1CCC1CCNCC1. The summed E-state index contributed by atoms with van der Waals surface area (Å²) in [6.07, 6.45) is 5.83. The molecule has 144 valence electrons. The van der Waals surface area contributed by atoms with Crippen LogP contribution in [0, 0.1) is 5.92 Å². The summed E-state index contributed by atoms with van der Waals surface area (Å²) in [5, 5.41) is 6.30. The fraction of sp³-hybridized carbons (Fsp3) is 0.304. The average Bonchev–Trinajstić information content (AvgIpc) is 3.21. The summed E-state index contributed by atoms with van der Waals surface area (Å²) in [5.74, 6) is 0.775. The van der Waals surface area contributed by atoms with E-state index in [-0.39, 0.29) is 0 Å². The number of rotatable bonds is 4. The fourth-order valence-electron chi connectivity index (χ4n) is 4.37. The van der Waals surface area contributed by atoms with E-state index in [1.54, 1.807) is 0 Å². The van der Waals surface area contributed by atoms with Gasteiger partial charge >= 0.3 is 0 Å². The summed E-state index contributed by atoms with van der Waals surface area (Å²) >= 11 is 6.95. The van der Waals surface area contributed by atoms with E-state index in [1.807, 2.05) is 18.2 Å². The van der Waals surface area contributed by atoms with Crippen LogP contribution in [0.4, 0.5) is 11.4 Å². The molecule has 1 fully saturated rings. The van der Waals surface area contributed by atoms with Gasteiger partial charge in [0.15, 0.2) is 0 Å². The van der Waals surface area contributed by atoms with Crippen LogP contribution in [0.2, 0.25) is 0 Å². The van der Waals surface area contributed by atoms with E-state index in [2.05, 4.69) is 63.2 Å². The van der Waals surface area contributed by atoms with Gasteiger partial charge < -0.3 is 10.2 Å². The number of hydrazine groups is 1. The second kappa shape index (κ2) is 7.53. The van der Waals surface area contributed by atoms with Gasteiger partial charge in [-0.25, -0.2) is 0 Å². The van der Waals surface area contributed by atoms with Crippen LogP contribution >= 0.6 is 11.6 Å². The zero-order valence-electron chi connectivity index (χ0n) is 15.9. The quantitative estimate of drug-likeness (QED) is 0.740. The molecular weight excluding hydrogens is 368 g/mol. The predicted molar refractivity (Wildman–Crippen MR) is 117 cm³/mol. The molecule has 28 heavy (non-hydrogen) atoms. The van der Waals surface area contributed by atoms with Crippen molar-refractivity contribution < 1.29 is 0 Å². The monoisotopic (exact) mass is 392 g/mol. The van der Waals surface area contributed by atoms with Crippen molar-refractivity contribution in [2.45, 2.75) is 19.3 Å². The first kappa shape index (κ1) is 17.7. The standard InChI is InChI=1S/C23H25ClN4/c24-23-22-20(16-28(26-22)18-6-2-1-3-7-18)19-8-4-5-9-21(19)27(23)15-12-17-10-13-25-14-11-17/h1-9,16-17,25-26H,10-15H2. The van der Waals surface area contributed by atoms with Gasteiger partial charge in [-0.1, -0.05) is 48.0 Å². The zero-order valence-corrected chi connectivity index (χ0v) is 16.6. The van der Waals surface area contributed by atoms with Gasteiger partial charge in [-0.3, -0.25) is 10.4 Å². The second-order valence-electron chi connectivity index (χ2n) is 7.68.